The quantitative estimate of drug-likeness (QED) is 0.163. The van der Waals surface area contributed by atoms with Crippen molar-refractivity contribution >= 4 is 57.8 Å². The molecule has 4 aromatic rings. The fourth-order valence-corrected chi connectivity index (χ4v) is 5.56. The molecule has 4 rings (SSSR count). The van der Waals surface area contributed by atoms with E-state index in [2.05, 4.69) is 59.2 Å². The third-order valence-electron chi connectivity index (χ3n) is 4.46. The highest BCUT2D eigenvalue weighted by molar-refractivity contribution is 8.00. The maximum atomic E-state index is 7.72. The van der Waals surface area contributed by atoms with Crippen LogP contribution < -0.4 is 11.1 Å². The van der Waals surface area contributed by atoms with Crippen molar-refractivity contribution in [2.75, 3.05) is 11.6 Å². The Labute approximate surface area is 194 Å². The molecule has 2 heterocycles. The van der Waals surface area contributed by atoms with Crippen molar-refractivity contribution in [2.24, 2.45) is 5.73 Å². The first kappa shape index (κ1) is 22.4. The Morgan fingerprint density at radius 2 is 1.67 bits per heavy atom. The van der Waals surface area contributed by atoms with Crippen molar-refractivity contribution in [3.05, 3.63) is 88.1 Å². The summed E-state index contributed by atoms with van der Waals surface area (Å²) in [4.78, 5) is 5.62. The van der Waals surface area contributed by atoms with Crippen LogP contribution in [0.4, 0.5) is 5.13 Å². The van der Waals surface area contributed by atoms with Crippen LogP contribution in [0, 0.1) is 5.41 Å². The highest BCUT2D eigenvalue weighted by Gasteiger charge is 2.18. The molecule has 0 spiro atoms. The lowest BCUT2D eigenvalue weighted by Crippen LogP contribution is -2.12. The van der Waals surface area contributed by atoms with Crippen LogP contribution in [0.3, 0.4) is 0 Å². The molecule has 154 valence electrons. The summed E-state index contributed by atoms with van der Waals surface area (Å²) in [6.45, 7) is 0. The monoisotopic (exact) mass is 472 g/mol. The second kappa shape index (κ2) is 10.1. The molecule has 0 atom stereocenters. The van der Waals surface area contributed by atoms with Gasteiger partial charge in [-0.05, 0) is 23.4 Å². The summed E-state index contributed by atoms with van der Waals surface area (Å²) in [7, 11) is 0. The first-order chi connectivity index (χ1) is 14.2. The number of thiazole rings is 1. The van der Waals surface area contributed by atoms with Crippen LogP contribution in [0.25, 0.3) is 11.3 Å². The van der Waals surface area contributed by atoms with Crippen LogP contribution in [0.1, 0.15) is 22.0 Å². The number of thioether (sulfide) groups is 1. The number of anilines is 1. The Kier molecular flexibility index (Phi) is 7.55. The predicted molar refractivity (Wildman–Crippen MR) is 134 cm³/mol. The lowest BCUT2D eigenvalue weighted by Gasteiger charge is -2.19. The molecule has 8 heteroatoms. The van der Waals surface area contributed by atoms with E-state index < -0.39 is 0 Å². The van der Waals surface area contributed by atoms with E-state index in [9.17, 15) is 0 Å². The maximum absolute atomic E-state index is 7.72. The van der Waals surface area contributed by atoms with Gasteiger partial charge in [0.05, 0.1) is 20.8 Å². The standard InChI is InChI=1S/C22H20N4S3.ClH/c1-27-21-16(12-18(29-21)20(23)24)17-13-28-22(25-17)26-19(14-8-4-2-5-9-14)15-10-6-3-7-11-15;/h2-13,19H,1H3,(H3,23,24)(H,25,26);1H. The number of nitrogens with two attached hydrogens (primary N) is 1. The van der Waals surface area contributed by atoms with Crippen LogP contribution in [-0.2, 0) is 0 Å². The van der Waals surface area contributed by atoms with Gasteiger partial charge in [-0.25, -0.2) is 4.98 Å². The summed E-state index contributed by atoms with van der Waals surface area (Å²) in [5.74, 6) is 0.0957. The third-order valence-corrected chi connectivity index (χ3v) is 7.54. The van der Waals surface area contributed by atoms with Gasteiger partial charge in [-0.15, -0.1) is 46.8 Å². The number of nitrogens with zero attached hydrogens (tertiary/aromatic N) is 1. The number of amidine groups is 1. The van der Waals surface area contributed by atoms with Crippen LogP contribution >= 0.6 is 46.8 Å². The molecule has 0 saturated heterocycles. The minimum absolute atomic E-state index is 0. The van der Waals surface area contributed by atoms with Gasteiger partial charge in [0.1, 0.15) is 5.84 Å². The summed E-state index contributed by atoms with van der Waals surface area (Å²) in [6.07, 6.45) is 2.03. The van der Waals surface area contributed by atoms with Crippen molar-refractivity contribution in [3.63, 3.8) is 0 Å². The lowest BCUT2D eigenvalue weighted by atomic mass is 9.99. The Bertz CT molecular complexity index is 1070. The average molecular weight is 473 g/mol. The summed E-state index contributed by atoms with van der Waals surface area (Å²) >= 11 is 4.78. The van der Waals surface area contributed by atoms with Gasteiger partial charge >= 0.3 is 0 Å². The summed E-state index contributed by atoms with van der Waals surface area (Å²) < 4.78 is 1.12. The molecule has 4 nitrogen and oxygen atoms in total. The normalized spacial score (nSPS) is 10.6. The molecule has 0 unspecified atom stereocenters. The molecule has 0 aliphatic heterocycles. The van der Waals surface area contributed by atoms with Crippen LogP contribution in [-0.4, -0.2) is 17.1 Å². The molecule has 0 aliphatic carbocycles. The van der Waals surface area contributed by atoms with E-state index in [0.29, 0.717) is 0 Å². The van der Waals surface area contributed by atoms with Crippen LogP contribution in [0.15, 0.2) is 76.3 Å². The van der Waals surface area contributed by atoms with Gasteiger partial charge in [0.25, 0.3) is 0 Å². The lowest BCUT2D eigenvalue weighted by molar-refractivity contribution is 0.935. The molecule has 2 aromatic carbocycles. The Hall–Kier alpha value is -2.32. The maximum Gasteiger partial charge on any atom is 0.183 e. The molecule has 0 radical (unpaired) electrons. The topological polar surface area (TPSA) is 74.8 Å². The van der Waals surface area contributed by atoms with E-state index in [4.69, 9.17) is 16.1 Å². The van der Waals surface area contributed by atoms with E-state index in [0.717, 1.165) is 25.5 Å². The number of benzene rings is 2. The van der Waals surface area contributed by atoms with Gasteiger partial charge in [0.15, 0.2) is 5.13 Å². The minimum Gasteiger partial charge on any atom is -0.383 e. The van der Waals surface area contributed by atoms with E-state index in [-0.39, 0.29) is 24.3 Å². The smallest absolute Gasteiger partial charge is 0.183 e. The number of rotatable bonds is 7. The molecule has 0 fully saturated rings. The van der Waals surface area contributed by atoms with Crippen molar-refractivity contribution in [2.45, 2.75) is 10.3 Å². The molecule has 0 saturated carbocycles. The summed E-state index contributed by atoms with van der Waals surface area (Å²) in [5, 5.41) is 14.2. The second-order valence-corrected chi connectivity index (χ2v) is 9.35. The number of thiophene rings is 1. The molecule has 0 aliphatic rings. The number of aromatic nitrogens is 1. The van der Waals surface area contributed by atoms with E-state index in [1.807, 2.05) is 24.5 Å². The highest BCUT2D eigenvalue weighted by Crippen LogP contribution is 2.39. The molecular weight excluding hydrogens is 452 g/mol. The van der Waals surface area contributed by atoms with Gasteiger partial charge in [-0.2, -0.15) is 0 Å². The van der Waals surface area contributed by atoms with Crippen molar-refractivity contribution < 1.29 is 0 Å². The minimum atomic E-state index is 0. The van der Waals surface area contributed by atoms with Crippen molar-refractivity contribution in [1.82, 2.24) is 4.98 Å². The summed E-state index contributed by atoms with van der Waals surface area (Å²) in [5.41, 5.74) is 10.0. The Morgan fingerprint density at radius 3 is 2.20 bits per heavy atom. The number of nitrogens with one attached hydrogen (secondary N) is 2. The fraction of sp³-hybridized carbons (Fsp3) is 0.0909. The first-order valence-corrected chi connectivity index (χ1v) is 11.9. The van der Waals surface area contributed by atoms with Gasteiger partial charge < -0.3 is 11.1 Å². The number of hydrogen-bond donors (Lipinski definition) is 3. The summed E-state index contributed by atoms with van der Waals surface area (Å²) in [6, 6.07) is 22.8. The zero-order chi connectivity index (χ0) is 20.2. The van der Waals surface area contributed by atoms with E-state index >= 15 is 0 Å². The van der Waals surface area contributed by atoms with Gasteiger partial charge in [-0.1, -0.05) is 60.7 Å². The zero-order valence-corrected chi connectivity index (χ0v) is 19.4. The van der Waals surface area contributed by atoms with E-state index in [1.54, 1.807) is 23.1 Å². The van der Waals surface area contributed by atoms with E-state index in [1.165, 1.54) is 22.5 Å². The van der Waals surface area contributed by atoms with Crippen molar-refractivity contribution in [3.8, 4) is 11.3 Å². The Balaban J connectivity index is 0.00000256. The average Bonchev–Trinajstić information content (AvgIpc) is 3.40. The van der Waals surface area contributed by atoms with Crippen LogP contribution in [0.5, 0.6) is 0 Å². The zero-order valence-electron chi connectivity index (χ0n) is 16.2. The van der Waals surface area contributed by atoms with Crippen LogP contribution in [0.2, 0.25) is 0 Å². The molecule has 4 N–H and O–H groups in total. The van der Waals surface area contributed by atoms with Gasteiger partial charge in [0.2, 0.25) is 0 Å². The largest absolute Gasteiger partial charge is 0.383 e. The number of hydrogen-bond acceptors (Lipinski definition) is 6. The third kappa shape index (κ3) is 4.87. The molecule has 2 aromatic heterocycles. The van der Waals surface area contributed by atoms with Gasteiger partial charge in [0, 0.05) is 10.9 Å². The number of nitrogen functional groups attached to an aromatic ring is 1. The SMILES string of the molecule is CSc1sc(C(=N)N)cc1-c1csc(NC(c2ccccc2)c2ccccc2)n1.Cl. The molecular formula is C22H21ClN4S3. The van der Waals surface area contributed by atoms with Gasteiger partial charge in [-0.3, -0.25) is 5.41 Å². The van der Waals surface area contributed by atoms with Crippen molar-refractivity contribution in [1.29, 1.82) is 5.41 Å². The predicted octanol–water partition coefficient (Wildman–Crippen LogP) is 6.50. The molecule has 30 heavy (non-hydrogen) atoms. The molecule has 0 bridgehead atoms. The number of halogens is 1. The molecule has 0 amide bonds. The first-order valence-electron chi connectivity index (χ1n) is 9.00. The fourth-order valence-electron chi connectivity index (χ4n) is 3.07. The Morgan fingerprint density at radius 1 is 1.07 bits per heavy atom. The highest BCUT2D eigenvalue weighted by atomic mass is 35.5. The second-order valence-electron chi connectivity index (χ2n) is 6.37.